The van der Waals surface area contributed by atoms with Crippen molar-refractivity contribution < 1.29 is 34.2 Å². The maximum Gasteiger partial charge on any atom is 0.326 e. The van der Waals surface area contributed by atoms with E-state index in [1.165, 1.54) is 4.90 Å². The number of benzene rings is 1. The summed E-state index contributed by atoms with van der Waals surface area (Å²) in [5.74, 6) is -4.79. The largest absolute Gasteiger partial charge is 0.481 e. The third-order valence-corrected chi connectivity index (χ3v) is 5.75. The quantitative estimate of drug-likeness (QED) is 0.289. The molecule has 0 spiro atoms. The lowest BCUT2D eigenvalue weighted by atomic mass is 10.0. The number of aliphatic carboxylic acids is 2. The van der Waals surface area contributed by atoms with E-state index in [0.717, 1.165) is 0 Å². The summed E-state index contributed by atoms with van der Waals surface area (Å²) in [6.45, 7) is 3.90. The highest BCUT2D eigenvalue weighted by molar-refractivity contribution is 5.95. The Morgan fingerprint density at radius 1 is 1.06 bits per heavy atom. The van der Waals surface area contributed by atoms with E-state index in [-0.39, 0.29) is 18.2 Å². The Morgan fingerprint density at radius 2 is 1.71 bits per heavy atom. The zero-order chi connectivity index (χ0) is 25.4. The summed E-state index contributed by atoms with van der Waals surface area (Å²) < 4.78 is 0. The molecule has 0 saturated carbocycles. The van der Waals surface area contributed by atoms with Crippen LogP contribution < -0.4 is 16.4 Å². The van der Waals surface area contributed by atoms with Crippen molar-refractivity contribution in [2.45, 2.75) is 63.7 Å². The average molecular weight is 477 g/mol. The maximum absolute atomic E-state index is 12.9. The molecule has 4 unspecified atom stereocenters. The lowest BCUT2D eigenvalue weighted by Gasteiger charge is -2.29. The van der Waals surface area contributed by atoms with E-state index in [1.807, 2.05) is 0 Å². The molecule has 0 aliphatic carbocycles. The van der Waals surface area contributed by atoms with E-state index in [1.54, 1.807) is 44.2 Å². The van der Waals surface area contributed by atoms with Gasteiger partial charge < -0.3 is 31.5 Å². The number of hydrogen-bond donors (Lipinski definition) is 5. The number of carbonyl (C=O) groups is 5. The summed E-state index contributed by atoms with van der Waals surface area (Å²) in [6, 6.07) is 4.10. The Bertz CT molecular complexity index is 906. The average Bonchev–Trinajstić information content (AvgIpc) is 3.27. The second kappa shape index (κ2) is 12.1. The molecule has 1 heterocycles. The minimum absolute atomic E-state index is 0.0202. The number of amides is 3. The van der Waals surface area contributed by atoms with Crippen LogP contribution in [0.1, 0.15) is 38.7 Å². The fourth-order valence-electron chi connectivity index (χ4n) is 3.75. The molecule has 34 heavy (non-hydrogen) atoms. The molecule has 186 valence electrons. The first-order valence-electron chi connectivity index (χ1n) is 11.2. The molecule has 1 fully saturated rings. The van der Waals surface area contributed by atoms with Crippen LogP contribution in [0.2, 0.25) is 0 Å². The van der Waals surface area contributed by atoms with Crippen LogP contribution in [0.3, 0.4) is 0 Å². The zero-order valence-electron chi connectivity index (χ0n) is 19.3. The van der Waals surface area contributed by atoms with Crippen LogP contribution in [0, 0.1) is 5.92 Å². The van der Waals surface area contributed by atoms with Crippen molar-refractivity contribution in [3.8, 4) is 0 Å². The Kier molecular flexibility index (Phi) is 9.55. The number of nitrogens with zero attached hydrogens (tertiary/aromatic N) is 1. The minimum Gasteiger partial charge on any atom is -0.481 e. The molecule has 0 radical (unpaired) electrons. The van der Waals surface area contributed by atoms with Crippen LogP contribution in [0.5, 0.6) is 0 Å². The third kappa shape index (κ3) is 7.27. The molecule has 3 amide bonds. The van der Waals surface area contributed by atoms with Crippen molar-refractivity contribution in [3.05, 3.63) is 35.9 Å². The molecule has 1 aliphatic heterocycles. The molecule has 1 aromatic carbocycles. The Morgan fingerprint density at radius 3 is 2.26 bits per heavy atom. The first-order valence-corrected chi connectivity index (χ1v) is 11.2. The van der Waals surface area contributed by atoms with Gasteiger partial charge in [0, 0.05) is 13.0 Å². The first-order chi connectivity index (χ1) is 16.0. The molecular weight excluding hydrogens is 444 g/mol. The van der Waals surface area contributed by atoms with Crippen molar-refractivity contribution in [1.29, 1.82) is 0 Å². The molecule has 1 aliphatic rings. The summed E-state index contributed by atoms with van der Waals surface area (Å²) in [5.41, 5.74) is 6.61. The van der Waals surface area contributed by atoms with Crippen LogP contribution >= 0.6 is 0 Å². The van der Waals surface area contributed by atoms with Crippen molar-refractivity contribution in [2.24, 2.45) is 11.7 Å². The van der Waals surface area contributed by atoms with Gasteiger partial charge in [-0.3, -0.25) is 19.2 Å². The van der Waals surface area contributed by atoms with Gasteiger partial charge in [-0.15, -0.1) is 0 Å². The van der Waals surface area contributed by atoms with Gasteiger partial charge in [-0.2, -0.15) is 0 Å². The van der Waals surface area contributed by atoms with Gasteiger partial charge in [-0.05, 0) is 24.3 Å². The summed E-state index contributed by atoms with van der Waals surface area (Å²) in [4.78, 5) is 62.8. The number of carbonyl (C=O) groups excluding carboxylic acids is 3. The summed E-state index contributed by atoms with van der Waals surface area (Å²) in [7, 11) is 0. The number of nitrogens with two attached hydrogens (primary N) is 1. The number of hydrogen-bond acceptors (Lipinski definition) is 6. The zero-order valence-corrected chi connectivity index (χ0v) is 19.3. The van der Waals surface area contributed by atoms with Crippen molar-refractivity contribution >= 4 is 29.7 Å². The van der Waals surface area contributed by atoms with Gasteiger partial charge in [0.15, 0.2) is 0 Å². The van der Waals surface area contributed by atoms with Gasteiger partial charge in [-0.25, -0.2) is 4.79 Å². The predicted molar refractivity (Wildman–Crippen MR) is 121 cm³/mol. The standard InChI is InChI=1S/C23H32N4O7/c1-13(2)19(24)22(32)27-10-6-9-17(27)21(31)25-15(12-18(28)29)20(30)26-16(23(33)34)11-14-7-4-3-5-8-14/h3-5,7-8,13,15-17,19H,6,9-12,24H2,1-2H3,(H,25,31)(H,26,30)(H,28,29)(H,33,34). The third-order valence-electron chi connectivity index (χ3n) is 5.75. The van der Waals surface area contributed by atoms with E-state index in [9.17, 15) is 34.2 Å². The summed E-state index contributed by atoms with van der Waals surface area (Å²) in [6.07, 6.45) is 0.132. The Labute approximate surface area is 197 Å². The van der Waals surface area contributed by atoms with E-state index in [0.29, 0.717) is 24.9 Å². The highest BCUT2D eigenvalue weighted by atomic mass is 16.4. The number of carboxylic acid groups (broad SMARTS) is 2. The van der Waals surface area contributed by atoms with Crippen LogP contribution in [-0.4, -0.2) is 75.5 Å². The molecule has 2 rings (SSSR count). The fourth-order valence-corrected chi connectivity index (χ4v) is 3.75. The molecule has 1 aromatic rings. The molecule has 0 aromatic heterocycles. The molecular formula is C23H32N4O7. The maximum atomic E-state index is 12.9. The molecule has 11 nitrogen and oxygen atoms in total. The van der Waals surface area contributed by atoms with Crippen LogP contribution in [0.4, 0.5) is 0 Å². The molecule has 11 heteroatoms. The van der Waals surface area contributed by atoms with Gasteiger partial charge in [0.25, 0.3) is 0 Å². The monoisotopic (exact) mass is 476 g/mol. The second-order valence-corrected chi connectivity index (χ2v) is 8.71. The summed E-state index contributed by atoms with van der Waals surface area (Å²) in [5, 5.41) is 23.5. The molecule has 0 bridgehead atoms. The van der Waals surface area contributed by atoms with Gasteiger partial charge in [0.1, 0.15) is 18.1 Å². The van der Waals surface area contributed by atoms with Crippen LogP contribution in [0.15, 0.2) is 30.3 Å². The van der Waals surface area contributed by atoms with E-state index in [2.05, 4.69) is 10.6 Å². The topological polar surface area (TPSA) is 179 Å². The normalized spacial score (nSPS) is 18.1. The lowest BCUT2D eigenvalue weighted by molar-refractivity contribution is -0.145. The number of carboxylic acids is 2. The van der Waals surface area contributed by atoms with E-state index >= 15 is 0 Å². The minimum atomic E-state index is -1.51. The highest BCUT2D eigenvalue weighted by Crippen LogP contribution is 2.20. The van der Waals surface area contributed by atoms with Crippen LogP contribution in [-0.2, 0) is 30.4 Å². The SMILES string of the molecule is CC(C)C(N)C(=O)N1CCCC1C(=O)NC(CC(=O)O)C(=O)NC(Cc1ccccc1)C(=O)O. The van der Waals surface area contributed by atoms with Gasteiger partial charge in [-0.1, -0.05) is 44.2 Å². The molecule has 4 atom stereocenters. The Balaban J connectivity index is 2.12. The van der Waals surface area contributed by atoms with Crippen LogP contribution in [0.25, 0.3) is 0 Å². The summed E-state index contributed by atoms with van der Waals surface area (Å²) >= 11 is 0. The molecule has 1 saturated heterocycles. The van der Waals surface area contributed by atoms with Crippen molar-refractivity contribution in [3.63, 3.8) is 0 Å². The Hall–Kier alpha value is -3.47. The van der Waals surface area contributed by atoms with Gasteiger partial charge >= 0.3 is 11.9 Å². The van der Waals surface area contributed by atoms with Crippen molar-refractivity contribution in [1.82, 2.24) is 15.5 Å². The number of likely N-dealkylation sites (tertiary alicyclic amines) is 1. The number of rotatable bonds is 11. The second-order valence-electron chi connectivity index (χ2n) is 8.71. The smallest absolute Gasteiger partial charge is 0.326 e. The predicted octanol–water partition coefficient (Wildman–Crippen LogP) is -0.268. The molecule has 6 N–H and O–H groups in total. The van der Waals surface area contributed by atoms with E-state index < -0.39 is 54.3 Å². The fraction of sp³-hybridized carbons (Fsp3) is 0.522. The van der Waals surface area contributed by atoms with E-state index in [4.69, 9.17) is 5.73 Å². The van der Waals surface area contributed by atoms with Crippen molar-refractivity contribution in [2.75, 3.05) is 6.54 Å². The number of nitrogens with one attached hydrogen (secondary N) is 2. The first kappa shape index (κ1) is 26.8. The van der Waals surface area contributed by atoms with Gasteiger partial charge in [0.2, 0.25) is 17.7 Å². The lowest BCUT2D eigenvalue weighted by Crippen LogP contribution is -2.57. The highest BCUT2D eigenvalue weighted by Gasteiger charge is 2.38. The van der Waals surface area contributed by atoms with Gasteiger partial charge in [0.05, 0.1) is 12.5 Å².